The van der Waals surface area contributed by atoms with Gasteiger partial charge in [-0.05, 0) is 29.7 Å². The standard InChI is InChI=1S/C18H12FN/c19-16-7-3-5-13-9-11-17(20-18(13)16)15-10-8-12-4-1-2-6-14(12)15/h1-7,9-11H,8H2. The zero-order chi connectivity index (χ0) is 13.5. The number of fused-ring (bicyclic) bond motifs is 2. The average Bonchev–Trinajstić information content (AvgIpc) is 2.91. The predicted octanol–water partition coefficient (Wildman–Crippen LogP) is 4.36. The minimum absolute atomic E-state index is 0.267. The maximum Gasteiger partial charge on any atom is 0.149 e. The first kappa shape index (κ1) is 11.4. The summed E-state index contributed by atoms with van der Waals surface area (Å²) in [6, 6.07) is 17.2. The first-order valence-corrected chi connectivity index (χ1v) is 6.67. The fraction of sp³-hybridized carbons (Fsp3) is 0.0556. The summed E-state index contributed by atoms with van der Waals surface area (Å²) in [6.45, 7) is 0. The van der Waals surface area contributed by atoms with E-state index in [9.17, 15) is 4.39 Å². The molecular formula is C18H12FN. The lowest BCUT2D eigenvalue weighted by Crippen LogP contribution is -1.93. The third-order valence-corrected chi connectivity index (χ3v) is 3.78. The Morgan fingerprint density at radius 3 is 2.75 bits per heavy atom. The maximum absolute atomic E-state index is 13.9. The van der Waals surface area contributed by atoms with Gasteiger partial charge >= 0.3 is 0 Å². The lowest BCUT2D eigenvalue weighted by atomic mass is 10.0. The largest absolute Gasteiger partial charge is 0.245 e. The number of hydrogen-bond donors (Lipinski definition) is 0. The molecule has 0 spiro atoms. The van der Waals surface area contributed by atoms with E-state index in [2.05, 4.69) is 23.2 Å². The van der Waals surface area contributed by atoms with Crippen molar-refractivity contribution in [3.05, 3.63) is 83.3 Å². The van der Waals surface area contributed by atoms with Gasteiger partial charge in [0.15, 0.2) is 0 Å². The van der Waals surface area contributed by atoms with E-state index in [1.54, 1.807) is 6.07 Å². The second-order valence-electron chi connectivity index (χ2n) is 4.99. The molecule has 0 aliphatic heterocycles. The Morgan fingerprint density at radius 1 is 0.900 bits per heavy atom. The molecule has 1 heterocycles. The summed E-state index contributed by atoms with van der Waals surface area (Å²) in [4.78, 5) is 4.51. The Hall–Kier alpha value is -2.48. The van der Waals surface area contributed by atoms with Crippen LogP contribution < -0.4 is 0 Å². The van der Waals surface area contributed by atoms with E-state index < -0.39 is 0 Å². The van der Waals surface area contributed by atoms with Crippen LogP contribution in [0.3, 0.4) is 0 Å². The molecule has 1 aromatic heterocycles. The number of nitrogens with zero attached hydrogens (tertiary/aromatic N) is 1. The summed E-state index contributed by atoms with van der Waals surface area (Å²) in [5.74, 6) is -0.267. The van der Waals surface area contributed by atoms with Crippen molar-refractivity contribution in [3.8, 4) is 0 Å². The van der Waals surface area contributed by atoms with Crippen LogP contribution in [0, 0.1) is 5.82 Å². The van der Waals surface area contributed by atoms with Crippen LogP contribution in [0.4, 0.5) is 4.39 Å². The zero-order valence-electron chi connectivity index (χ0n) is 10.8. The molecule has 0 atom stereocenters. The second kappa shape index (κ2) is 4.27. The first-order chi connectivity index (χ1) is 9.83. The highest BCUT2D eigenvalue weighted by molar-refractivity contribution is 5.87. The van der Waals surface area contributed by atoms with E-state index in [0.29, 0.717) is 5.52 Å². The van der Waals surface area contributed by atoms with Crippen LogP contribution in [0.1, 0.15) is 16.8 Å². The van der Waals surface area contributed by atoms with E-state index in [4.69, 9.17) is 0 Å². The van der Waals surface area contributed by atoms with Crippen LogP contribution in [0.5, 0.6) is 0 Å². The molecule has 0 saturated heterocycles. The monoisotopic (exact) mass is 261 g/mol. The van der Waals surface area contributed by atoms with E-state index in [-0.39, 0.29) is 5.82 Å². The number of aromatic nitrogens is 1. The van der Waals surface area contributed by atoms with Crippen molar-refractivity contribution in [3.63, 3.8) is 0 Å². The summed E-state index contributed by atoms with van der Waals surface area (Å²) in [6.07, 6.45) is 3.09. The summed E-state index contributed by atoms with van der Waals surface area (Å²) in [5, 5.41) is 0.834. The predicted molar refractivity (Wildman–Crippen MR) is 78.9 cm³/mol. The molecule has 3 aromatic rings. The Balaban J connectivity index is 1.90. The number of pyridine rings is 1. The molecule has 0 unspecified atom stereocenters. The van der Waals surface area contributed by atoms with Crippen LogP contribution >= 0.6 is 0 Å². The number of para-hydroxylation sites is 1. The molecule has 0 N–H and O–H groups in total. The minimum atomic E-state index is -0.267. The summed E-state index contributed by atoms with van der Waals surface area (Å²) < 4.78 is 13.9. The molecule has 4 rings (SSSR count). The highest BCUT2D eigenvalue weighted by Gasteiger charge is 2.16. The van der Waals surface area contributed by atoms with Gasteiger partial charge in [-0.25, -0.2) is 9.37 Å². The zero-order valence-corrected chi connectivity index (χ0v) is 10.8. The summed E-state index contributed by atoms with van der Waals surface area (Å²) >= 11 is 0. The van der Waals surface area contributed by atoms with E-state index >= 15 is 0 Å². The highest BCUT2D eigenvalue weighted by atomic mass is 19.1. The number of hydrogen-bond acceptors (Lipinski definition) is 1. The second-order valence-corrected chi connectivity index (χ2v) is 4.99. The van der Waals surface area contributed by atoms with Gasteiger partial charge in [-0.2, -0.15) is 0 Å². The SMILES string of the molecule is Fc1cccc2ccc(C3=CCc4ccccc43)nc12. The quantitative estimate of drug-likeness (QED) is 0.634. The minimum Gasteiger partial charge on any atom is -0.245 e. The molecule has 0 bridgehead atoms. The van der Waals surface area contributed by atoms with Crippen molar-refractivity contribution in [1.29, 1.82) is 0 Å². The topological polar surface area (TPSA) is 12.9 Å². The normalized spacial score (nSPS) is 13.3. The molecule has 0 fully saturated rings. The molecule has 20 heavy (non-hydrogen) atoms. The van der Waals surface area contributed by atoms with Crippen molar-refractivity contribution >= 4 is 16.5 Å². The van der Waals surface area contributed by atoms with E-state index in [0.717, 1.165) is 23.1 Å². The van der Waals surface area contributed by atoms with Crippen molar-refractivity contribution < 1.29 is 4.39 Å². The lowest BCUT2D eigenvalue weighted by Gasteiger charge is -2.07. The van der Waals surface area contributed by atoms with Gasteiger partial charge in [0.25, 0.3) is 0 Å². The average molecular weight is 261 g/mol. The van der Waals surface area contributed by atoms with Crippen LogP contribution in [-0.4, -0.2) is 4.98 Å². The molecule has 1 nitrogen and oxygen atoms in total. The van der Waals surface area contributed by atoms with E-state index in [1.807, 2.05) is 30.3 Å². The van der Waals surface area contributed by atoms with Gasteiger partial charge in [-0.15, -0.1) is 0 Å². The first-order valence-electron chi connectivity index (χ1n) is 6.67. The van der Waals surface area contributed by atoms with Gasteiger partial charge in [0, 0.05) is 11.0 Å². The number of halogens is 1. The van der Waals surface area contributed by atoms with Gasteiger partial charge in [-0.3, -0.25) is 0 Å². The molecule has 2 aromatic carbocycles. The molecular weight excluding hydrogens is 249 g/mol. The molecule has 0 radical (unpaired) electrons. The number of benzene rings is 2. The van der Waals surface area contributed by atoms with Crippen molar-refractivity contribution in [2.24, 2.45) is 0 Å². The molecule has 0 amide bonds. The van der Waals surface area contributed by atoms with Gasteiger partial charge in [0.05, 0.1) is 5.69 Å². The van der Waals surface area contributed by atoms with Crippen LogP contribution in [0.15, 0.2) is 60.7 Å². The molecule has 1 aliphatic carbocycles. The van der Waals surface area contributed by atoms with Crippen LogP contribution in [0.2, 0.25) is 0 Å². The maximum atomic E-state index is 13.9. The van der Waals surface area contributed by atoms with Crippen molar-refractivity contribution in [2.45, 2.75) is 6.42 Å². The van der Waals surface area contributed by atoms with Gasteiger partial charge in [-0.1, -0.05) is 48.5 Å². The van der Waals surface area contributed by atoms with Gasteiger partial charge < -0.3 is 0 Å². The summed E-state index contributed by atoms with van der Waals surface area (Å²) in [7, 11) is 0. The fourth-order valence-electron chi connectivity index (χ4n) is 2.79. The van der Waals surface area contributed by atoms with Crippen molar-refractivity contribution in [1.82, 2.24) is 4.98 Å². The summed E-state index contributed by atoms with van der Waals surface area (Å²) in [5.41, 5.74) is 4.89. The number of rotatable bonds is 1. The van der Waals surface area contributed by atoms with Crippen LogP contribution in [-0.2, 0) is 6.42 Å². The number of allylic oxidation sites excluding steroid dienone is 1. The lowest BCUT2D eigenvalue weighted by molar-refractivity contribution is 0.636. The third kappa shape index (κ3) is 1.65. The Morgan fingerprint density at radius 2 is 1.80 bits per heavy atom. The smallest absolute Gasteiger partial charge is 0.149 e. The molecule has 96 valence electrons. The Bertz CT molecular complexity index is 849. The highest BCUT2D eigenvalue weighted by Crippen LogP contribution is 2.32. The van der Waals surface area contributed by atoms with Gasteiger partial charge in [0.2, 0.25) is 0 Å². The molecule has 0 saturated carbocycles. The Labute approximate surface area is 116 Å². The fourth-order valence-corrected chi connectivity index (χ4v) is 2.79. The molecule has 1 aliphatic rings. The molecule has 2 heteroatoms. The van der Waals surface area contributed by atoms with E-state index in [1.165, 1.54) is 17.2 Å². The third-order valence-electron chi connectivity index (χ3n) is 3.78. The van der Waals surface area contributed by atoms with Gasteiger partial charge in [0.1, 0.15) is 11.3 Å². The van der Waals surface area contributed by atoms with Crippen LogP contribution in [0.25, 0.3) is 16.5 Å². The Kier molecular flexibility index (Phi) is 2.43. The van der Waals surface area contributed by atoms with Crippen molar-refractivity contribution in [2.75, 3.05) is 0 Å².